The van der Waals surface area contributed by atoms with E-state index in [1.807, 2.05) is 37.3 Å². The molecule has 3 nitrogen and oxygen atoms in total. The molecule has 0 aliphatic rings. The molecule has 0 spiro atoms. The first-order valence-electron chi connectivity index (χ1n) is 6.88. The van der Waals surface area contributed by atoms with Crippen LogP contribution in [0.1, 0.15) is 24.5 Å². The number of hydrogen-bond acceptors (Lipinski definition) is 3. The summed E-state index contributed by atoms with van der Waals surface area (Å²) in [4.78, 5) is 11.5. The van der Waals surface area contributed by atoms with E-state index in [9.17, 15) is 4.79 Å². The van der Waals surface area contributed by atoms with E-state index in [0.29, 0.717) is 18.8 Å². The summed E-state index contributed by atoms with van der Waals surface area (Å²) in [6.07, 6.45) is 0.343. The predicted molar refractivity (Wildman–Crippen MR) is 98.3 cm³/mol. The van der Waals surface area contributed by atoms with Crippen molar-refractivity contribution in [2.45, 2.75) is 26.9 Å². The maximum atomic E-state index is 11.5. The highest BCUT2D eigenvalue weighted by atomic mass is 127. The molecular weight excluding hydrogens is 459 g/mol. The zero-order valence-electron chi connectivity index (χ0n) is 12.4. The molecule has 0 aliphatic heterocycles. The molecule has 5 heteroatoms. The minimum atomic E-state index is -0.250. The van der Waals surface area contributed by atoms with Crippen LogP contribution in [0.5, 0.6) is 11.5 Å². The zero-order valence-corrected chi connectivity index (χ0v) is 16.1. The van der Waals surface area contributed by atoms with E-state index >= 15 is 0 Å². The quantitative estimate of drug-likeness (QED) is 0.337. The first-order chi connectivity index (χ1) is 10.5. The summed E-state index contributed by atoms with van der Waals surface area (Å²) >= 11 is 5.72. The Hall–Kier alpha value is -1.08. The van der Waals surface area contributed by atoms with Crippen molar-refractivity contribution in [1.29, 1.82) is 0 Å². The smallest absolute Gasteiger partial charge is 0.310 e. The fourth-order valence-corrected chi connectivity index (χ4v) is 3.08. The lowest BCUT2D eigenvalue weighted by Gasteiger charge is -2.14. The highest BCUT2D eigenvalue weighted by Crippen LogP contribution is 2.30. The fraction of sp³-hybridized carbons (Fsp3) is 0.235. The second-order valence-electron chi connectivity index (χ2n) is 4.77. The van der Waals surface area contributed by atoms with Gasteiger partial charge in [-0.25, -0.2) is 0 Å². The van der Waals surface area contributed by atoms with Gasteiger partial charge in [-0.1, -0.05) is 19.1 Å². The van der Waals surface area contributed by atoms with Gasteiger partial charge in [0, 0.05) is 15.6 Å². The van der Waals surface area contributed by atoms with E-state index in [2.05, 4.69) is 38.5 Å². The third-order valence-electron chi connectivity index (χ3n) is 3.05. The van der Waals surface area contributed by atoms with Crippen molar-refractivity contribution in [3.8, 4) is 11.5 Å². The van der Waals surface area contributed by atoms with Crippen LogP contribution in [0.4, 0.5) is 0 Å². The van der Waals surface area contributed by atoms with Gasteiger partial charge in [-0.05, 0) is 75.3 Å². The van der Waals surface area contributed by atoms with Crippen LogP contribution < -0.4 is 9.47 Å². The summed E-state index contributed by atoms with van der Waals surface area (Å²) in [6.45, 7) is 4.14. The van der Waals surface area contributed by atoms with Gasteiger partial charge >= 0.3 is 5.97 Å². The SMILES string of the molecule is CCC(=O)Oc1cccc(I)c1COc1ccc(C)cc1Br. The molecule has 0 amide bonds. The first-order valence-corrected chi connectivity index (χ1v) is 8.75. The molecule has 0 N–H and O–H groups in total. The van der Waals surface area contributed by atoms with Crippen LogP contribution in [0, 0.1) is 10.5 Å². The van der Waals surface area contributed by atoms with Crippen molar-refractivity contribution in [2.24, 2.45) is 0 Å². The van der Waals surface area contributed by atoms with E-state index in [0.717, 1.165) is 24.9 Å². The second-order valence-corrected chi connectivity index (χ2v) is 6.78. The third kappa shape index (κ3) is 4.46. The van der Waals surface area contributed by atoms with Crippen molar-refractivity contribution in [3.05, 3.63) is 55.6 Å². The molecule has 22 heavy (non-hydrogen) atoms. The Labute approximate surface area is 152 Å². The molecule has 116 valence electrons. The van der Waals surface area contributed by atoms with Gasteiger partial charge < -0.3 is 9.47 Å². The molecule has 0 atom stereocenters. The van der Waals surface area contributed by atoms with Gasteiger partial charge in [-0.3, -0.25) is 4.79 Å². The zero-order chi connectivity index (χ0) is 16.1. The fourth-order valence-electron chi connectivity index (χ4n) is 1.84. The number of aryl methyl sites for hydroxylation is 1. The Morgan fingerprint density at radius 1 is 1.23 bits per heavy atom. The molecule has 2 rings (SSSR count). The maximum absolute atomic E-state index is 11.5. The molecule has 0 bridgehead atoms. The molecule has 0 unspecified atom stereocenters. The number of carbonyl (C=O) groups excluding carboxylic acids is 1. The predicted octanol–water partition coefficient (Wildman–Crippen LogP) is 5.26. The van der Waals surface area contributed by atoms with Crippen molar-refractivity contribution in [3.63, 3.8) is 0 Å². The second kappa shape index (κ2) is 7.97. The van der Waals surface area contributed by atoms with E-state index in [4.69, 9.17) is 9.47 Å². The van der Waals surface area contributed by atoms with Crippen LogP contribution >= 0.6 is 38.5 Å². The first kappa shape index (κ1) is 17.3. The summed E-state index contributed by atoms with van der Waals surface area (Å²) in [6, 6.07) is 11.5. The molecule has 0 heterocycles. The average molecular weight is 475 g/mol. The largest absolute Gasteiger partial charge is 0.488 e. The minimum Gasteiger partial charge on any atom is -0.488 e. The number of benzene rings is 2. The lowest BCUT2D eigenvalue weighted by molar-refractivity contribution is -0.134. The van der Waals surface area contributed by atoms with Gasteiger partial charge in [0.15, 0.2) is 0 Å². The molecule has 0 saturated carbocycles. The van der Waals surface area contributed by atoms with E-state index in [-0.39, 0.29) is 5.97 Å². The van der Waals surface area contributed by atoms with Crippen molar-refractivity contribution < 1.29 is 14.3 Å². The number of ether oxygens (including phenoxy) is 2. The van der Waals surface area contributed by atoms with Gasteiger partial charge in [-0.15, -0.1) is 0 Å². The molecule has 0 fully saturated rings. The molecule has 0 aliphatic carbocycles. The van der Waals surface area contributed by atoms with E-state index in [1.165, 1.54) is 0 Å². The third-order valence-corrected chi connectivity index (χ3v) is 4.68. The highest BCUT2D eigenvalue weighted by molar-refractivity contribution is 14.1. The van der Waals surface area contributed by atoms with Gasteiger partial charge in [0.1, 0.15) is 18.1 Å². The monoisotopic (exact) mass is 474 g/mol. The molecule has 2 aromatic carbocycles. The van der Waals surface area contributed by atoms with Crippen molar-refractivity contribution >= 4 is 44.5 Å². The molecule has 0 aromatic heterocycles. The normalized spacial score (nSPS) is 10.4. The number of rotatable bonds is 5. The Morgan fingerprint density at radius 2 is 2.00 bits per heavy atom. The van der Waals surface area contributed by atoms with Gasteiger partial charge in [0.05, 0.1) is 4.47 Å². The van der Waals surface area contributed by atoms with E-state index < -0.39 is 0 Å². The highest BCUT2D eigenvalue weighted by Gasteiger charge is 2.12. The van der Waals surface area contributed by atoms with Gasteiger partial charge in [-0.2, -0.15) is 0 Å². The summed E-state index contributed by atoms with van der Waals surface area (Å²) in [5, 5.41) is 0. The van der Waals surface area contributed by atoms with Crippen molar-refractivity contribution in [2.75, 3.05) is 0 Å². The van der Waals surface area contributed by atoms with Gasteiger partial charge in [0.25, 0.3) is 0 Å². The van der Waals surface area contributed by atoms with E-state index in [1.54, 1.807) is 13.0 Å². The topological polar surface area (TPSA) is 35.5 Å². The van der Waals surface area contributed by atoms with Crippen LogP contribution in [-0.2, 0) is 11.4 Å². The summed E-state index contributed by atoms with van der Waals surface area (Å²) in [7, 11) is 0. The molecule has 0 radical (unpaired) electrons. The Kier molecular flexibility index (Phi) is 6.26. The number of hydrogen-bond donors (Lipinski definition) is 0. The van der Waals surface area contributed by atoms with Crippen LogP contribution in [0.2, 0.25) is 0 Å². The van der Waals surface area contributed by atoms with Crippen LogP contribution in [0.3, 0.4) is 0 Å². The number of halogens is 2. The maximum Gasteiger partial charge on any atom is 0.310 e. The Bertz CT molecular complexity index is 686. The molecular formula is C17H16BrIO3. The van der Waals surface area contributed by atoms with Crippen LogP contribution in [0.25, 0.3) is 0 Å². The summed E-state index contributed by atoms with van der Waals surface area (Å²) in [5.74, 6) is 1.07. The number of esters is 1. The standard InChI is InChI=1S/C17H16BrIO3/c1-3-17(20)22-15-6-4-5-14(19)12(15)10-21-16-8-7-11(2)9-13(16)18/h4-9H,3,10H2,1-2H3. The molecule has 2 aromatic rings. The summed E-state index contributed by atoms with van der Waals surface area (Å²) < 4.78 is 13.2. The minimum absolute atomic E-state index is 0.250. The lowest BCUT2D eigenvalue weighted by Crippen LogP contribution is -2.09. The number of carbonyl (C=O) groups is 1. The Balaban J connectivity index is 2.19. The van der Waals surface area contributed by atoms with Crippen LogP contribution in [0.15, 0.2) is 40.9 Å². The van der Waals surface area contributed by atoms with Gasteiger partial charge in [0.2, 0.25) is 0 Å². The van der Waals surface area contributed by atoms with Crippen LogP contribution in [-0.4, -0.2) is 5.97 Å². The average Bonchev–Trinajstić information content (AvgIpc) is 2.48. The molecule has 0 saturated heterocycles. The van der Waals surface area contributed by atoms with Crippen molar-refractivity contribution in [1.82, 2.24) is 0 Å². The Morgan fingerprint density at radius 3 is 2.68 bits per heavy atom. The lowest BCUT2D eigenvalue weighted by atomic mass is 10.2. The summed E-state index contributed by atoms with van der Waals surface area (Å²) in [5.41, 5.74) is 2.03.